The molecule has 0 spiro atoms. The molecule has 0 unspecified atom stereocenters. The van der Waals surface area contributed by atoms with E-state index in [-0.39, 0.29) is 11.6 Å². The molecular formula is C19H23N3O4. The number of benzene rings is 1. The van der Waals surface area contributed by atoms with Gasteiger partial charge in [-0.15, -0.1) is 0 Å². The molecule has 7 heteroatoms. The van der Waals surface area contributed by atoms with E-state index in [9.17, 15) is 9.59 Å². The lowest BCUT2D eigenvalue weighted by Gasteiger charge is -2.18. The molecule has 2 amide bonds. The first kappa shape index (κ1) is 19.2. The zero-order chi connectivity index (χ0) is 19.1. The molecule has 0 saturated heterocycles. The number of aromatic nitrogens is 1. The van der Waals surface area contributed by atoms with Gasteiger partial charge in [0.05, 0.1) is 14.2 Å². The summed E-state index contributed by atoms with van der Waals surface area (Å²) in [7, 11) is 3.06. The quantitative estimate of drug-likeness (QED) is 0.824. The molecule has 1 heterocycles. The van der Waals surface area contributed by atoms with Gasteiger partial charge < -0.3 is 19.7 Å². The molecule has 0 bridgehead atoms. The molecule has 2 rings (SSSR count). The summed E-state index contributed by atoms with van der Waals surface area (Å²) >= 11 is 0. The largest absolute Gasteiger partial charge is 0.493 e. The molecule has 0 aliphatic heterocycles. The Balaban J connectivity index is 2.20. The van der Waals surface area contributed by atoms with Gasteiger partial charge >= 0.3 is 0 Å². The number of hydrogen-bond donors (Lipinski definition) is 1. The van der Waals surface area contributed by atoms with Crippen LogP contribution in [0.4, 0.5) is 5.69 Å². The molecular weight excluding hydrogens is 334 g/mol. The molecule has 2 aromatic rings. The molecule has 1 N–H and O–H groups in total. The highest BCUT2D eigenvalue weighted by atomic mass is 16.5. The maximum atomic E-state index is 12.5. The van der Waals surface area contributed by atoms with Crippen LogP contribution < -0.4 is 14.8 Å². The molecule has 0 saturated carbocycles. The fraction of sp³-hybridized carbons (Fsp3) is 0.316. The van der Waals surface area contributed by atoms with Gasteiger partial charge in [-0.25, -0.2) is 0 Å². The molecule has 0 radical (unpaired) electrons. The topological polar surface area (TPSA) is 80.8 Å². The van der Waals surface area contributed by atoms with Gasteiger partial charge in [0.15, 0.2) is 11.5 Å². The summed E-state index contributed by atoms with van der Waals surface area (Å²) in [6.07, 6.45) is 1.46. The first-order valence-corrected chi connectivity index (χ1v) is 8.32. The van der Waals surface area contributed by atoms with Crippen molar-refractivity contribution in [2.45, 2.75) is 13.8 Å². The van der Waals surface area contributed by atoms with Gasteiger partial charge in [0.2, 0.25) is 0 Å². The Labute approximate surface area is 152 Å². The van der Waals surface area contributed by atoms with Crippen molar-refractivity contribution >= 4 is 17.5 Å². The maximum Gasteiger partial charge on any atom is 0.274 e. The molecule has 0 aliphatic carbocycles. The smallest absolute Gasteiger partial charge is 0.274 e. The van der Waals surface area contributed by atoms with E-state index in [1.54, 1.807) is 36.3 Å². The summed E-state index contributed by atoms with van der Waals surface area (Å²) in [5.74, 6) is 0.531. The number of pyridine rings is 1. The van der Waals surface area contributed by atoms with Crippen LogP contribution in [-0.4, -0.2) is 49.0 Å². The summed E-state index contributed by atoms with van der Waals surface area (Å²) in [5, 5.41) is 2.75. The average molecular weight is 357 g/mol. The van der Waals surface area contributed by atoms with Gasteiger partial charge in [0.25, 0.3) is 11.8 Å². The van der Waals surface area contributed by atoms with Crippen LogP contribution >= 0.6 is 0 Å². The van der Waals surface area contributed by atoms with Crippen LogP contribution in [0.2, 0.25) is 0 Å². The molecule has 1 aromatic carbocycles. The Bertz CT molecular complexity index is 788. The van der Waals surface area contributed by atoms with Crippen molar-refractivity contribution in [1.29, 1.82) is 0 Å². The number of rotatable bonds is 7. The van der Waals surface area contributed by atoms with Gasteiger partial charge in [-0.3, -0.25) is 14.6 Å². The van der Waals surface area contributed by atoms with Crippen molar-refractivity contribution in [3.63, 3.8) is 0 Å². The summed E-state index contributed by atoms with van der Waals surface area (Å²) in [6.45, 7) is 5.02. The maximum absolute atomic E-state index is 12.5. The average Bonchev–Trinajstić information content (AvgIpc) is 2.68. The minimum Gasteiger partial charge on any atom is -0.493 e. The summed E-state index contributed by atoms with van der Waals surface area (Å²) in [6, 6.07) is 8.15. The van der Waals surface area contributed by atoms with Gasteiger partial charge in [-0.1, -0.05) is 0 Å². The second-order valence-corrected chi connectivity index (χ2v) is 5.43. The van der Waals surface area contributed by atoms with Gasteiger partial charge in [0.1, 0.15) is 5.69 Å². The Morgan fingerprint density at radius 1 is 1.04 bits per heavy atom. The van der Waals surface area contributed by atoms with Crippen molar-refractivity contribution in [3.8, 4) is 11.5 Å². The third-order valence-corrected chi connectivity index (χ3v) is 3.93. The Kier molecular flexibility index (Phi) is 6.54. The lowest BCUT2D eigenvalue weighted by atomic mass is 10.2. The van der Waals surface area contributed by atoms with Crippen molar-refractivity contribution in [2.75, 3.05) is 32.6 Å². The minimum absolute atomic E-state index is 0.127. The highest BCUT2D eigenvalue weighted by Gasteiger charge is 2.16. The third kappa shape index (κ3) is 4.30. The number of anilines is 1. The fourth-order valence-electron chi connectivity index (χ4n) is 2.49. The van der Waals surface area contributed by atoms with Crippen LogP contribution in [0.25, 0.3) is 0 Å². The molecule has 0 atom stereocenters. The normalized spacial score (nSPS) is 10.2. The van der Waals surface area contributed by atoms with Gasteiger partial charge in [0, 0.05) is 36.6 Å². The van der Waals surface area contributed by atoms with Crippen LogP contribution in [-0.2, 0) is 0 Å². The lowest BCUT2D eigenvalue weighted by Crippen LogP contribution is -2.30. The molecule has 1 aromatic heterocycles. The standard InChI is InChI=1S/C19H23N3O4/c1-5-22(6-2)19(24)13-9-10-20-15(11-13)18(23)21-14-7-8-16(25-3)17(12-14)26-4/h7-12H,5-6H2,1-4H3,(H,21,23). The van der Waals surface area contributed by atoms with E-state index in [0.717, 1.165) is 0 Å². The van der Waals surface area contributed by atoms with Crippen LogP contribution in [0.15, 0.2) is 36.5 Å². The predicted molar refractivity (Wildman–Crippen MR) is 99.0 cm³/mol. The number of nitrogens with one attached hydrogen (secondary N) is 1. The van der Waals surface area contributed by atoms with Crippen LogP contribution in [0, 0.1) is 0 Å². The van der Waals surface area contributed by atoms with Crippen molar-refractivity contribution in [1.82, 2.24) is 9.88 Å². The monoisotopic (exact) mass is 357 g/mol. The number of amides is 2. The SMILES string of the molecule is CCN(CC)C(=O)c1ccnc(C(=O)Nc2ccc(OC)c(OC)c2)c1. The lowest BCUT2D eigenvalue weighted by molar-refractivity contribution is 0.0773. The minimum atomic E-state index is -0.411. The molecule has 7 nitrogen and oxygen atoms in total. The number of nitrogens with zero attached hydrogens (tertiary/aromatic N) is 2. The summed E-state index contributed by atoms with van der Waals surface area (Å²) in [4.78, 5) is 30.7. The van der Waals surface area contributed by atoms with E-state index in [1.165, 1.54) is 19.4 Å². The Morgan fingerprint density at radius 2 is 1.73 bits per heavy atom. The summed E-state index contributed by atoms with van der Waals surface area (Å²) in [5.41, 5.74) is 1.13. The molecule has 138 valence electrons. The van der Waals surface area contributed by atoms with Crippen molar-refractivity contribution < 1.29 is 19.1 Å². The Hall–Kier alpha value is -3.09. The predicted octanol–water partition coefficient (Wildman–Crippen LogP) is 2.83. The second kappa shape index (κ2) is 8.84. The highest BCUT2D eigenvalue weighted by Crippen LogP contribution is 2.29. The zero-order valence-corrected chi connectivity index (χ0v) is 15.4. The Morgan fingerprint density at radius 3 is 2.35 bits per heavy atom. The van der Waals surface area contributed by atoms with E-state index >= 15 is 0 Å². The molecule has 0 aliphatic rings. The molecule has 26 heavy (non-hydrogen) atoms. The van der Waals surface area contributed by atoms with E-state index in [0.29, 0.717) is 35.8 Å². The van der Waals surface area contributed by atoms with E-state index in [1.807, 2.05) is 13.8 Å². The van der Waals surface area contributed by atoms with Crippen molar-refractivity contribution in [2.24, 2.45) is 0 Å². The number of methoxy groups -OCH3 is 2. The first-order chi connectivity index (χ1) is 12.5. The van der Waals surface area contributed by atoms with E-state index < -0.39 is 5.91 Å². The zero-order valence-electron chi connectivity index (χ0n) is 15.4. The third-order valence-electron chi connectivity index (χ3n) is 3.93. The van der Waals surface area contributed by atoms with E-state index in [4.69, 9.17) is 9.47 Å². The van der Waals surface area contributed by atoms with Crippen LogP contribution in [0.3, 0.4) is 0 Å². The van der Waals surface area contributed by atoms with Crippen molar-refractivity contribution in [3.05, 3.63) is 47.8 Å². The van der Waals surface area contributed by atoms with Crippen LogP contribution in [0.5, 0.6) is 11.5 Å². The number of ether oxygens (including phenoxy) is 2. The summed E-state index contributed by atoms with van der Waals surface area (Å²) < 4.78 is 10.4. The van der Waals surface area contributed by atoms with Gasteiger partial charge in [-0.2, -0.15) is 0 Å². The van der Waals surface area contributed by atoms with Gasteiger partial charge in [-0.05, 0) is 38.1 Å². The van der Waals surface area contributed by atoms with E-state index in [2.05, 4.69) is 10.3 Å². The molecule has 0 fully saturated rings. The highest BCUT2D eigenvalue weighted by molar-refractivity contribution is 6.04. The second-order valence-electron chi connectivity index (χ2n) is 5.43. The number of carbonyl (C=O) groups is 2. The number of carbonyl (C=O) groups excluding carboxylic acids is 2. The fourth-order valence-corrected chi connectivity index (χ4v) is 2.49. The van der Waals surface area contributed by atoms with Crippen LogP contribution in [0.1, 0.15) is 34.7 Å². The number of hydrogen-bond acceptors (Lipinski definition) is 5. The first-order valence-electron chi connectivity index (χ1n) is 8.32.